The first-order valence-electron chi connectivity index (χ1n) is 7.49. The molecule has 1 aliphatic rings. The van der Waals surface area contributed by atoms with E-state index in [4.69, 9.17) is 0 Å². The minimum absolute atomic E-state index is 0.0297. The molecule has 0 spiro atoms. The minimum atomic E-state index is -0.0297. The van der Waals surface area contributed by atoms with E-state index in [1.165, 1.54) is 16.0 Å². The van der Waals surface area contributed by atoms with E-state index in [1.54, 1.807) is 19.0 Å². The van der Waals surface area contributed by atoms with Gasteiger partial charge < -0.3 is 9.80 Å². The highest BCUT2D eigenvalue weighted by Crippen LogP contribution is 2.48. The second-order valence-electron chi connectivity index (χ2n) is 6.00. The van der Waals surface area contributed by atoms with Crippen molar-refractivity contribution in [2.45, 2.75) is 26.2 Å². The van der Waals surface area contributed by atoms with Gasteiger partial charge in [0.2, 0.25) is 11.8 Å². The van der Waals surface area contributed by atoms with Crippen LogP contribution in [0.3, 0.4) is 0 Å². The molecule has 2 rings (SSSR count). The number of nitrogens with zero attached hydrogens (tertiary/aromatic N) is 2. The van der Waals surface area contributed by atoms with Gasteiger partial charge in [0.05, 0.1) is 6.54 Å². The van der Waals surface area contributed by atoms with Crippen molar-refractivity contribution in [2.24, 2.45) is 5.92 Å². The van der Waals surface area contributed by atoms with E-state index in [0.29, 0.717) is 12.5 Å². The Kier molecular flexibility index (Phi) is 4.66. The second-order valence-corrected chi connectivity index (χ2v) is 6.00. The maximum Gasteiger partial charge on any atom is 0.241 e. The normalized spacial score (nSPS) is 20.0. The number of aryl methyl sites for hydroxylation is 1. The summed E-state index contributed by atoms with van der Waals surface area (Å²) in [5.41, 5.74) is 2.46. The van der Waals surface area contributed by atoms with Crippen LogP contribution in [0.1, 0.15) is 30.4 Å². The SMILES string of the molecule is CCN(CC(=O)N(C)C)C(=O)[C@H]1C[C@@H]1c1cccc(C)c1. The first-order chi connectivity index (χ1) is 9.93. The Morgan fingerprint density at radius 2 is 2.00 bits per heavy atom. The molecule has 4 nitrogen and oxygen atoms in total. The monoisotopic (exact) mass is 288 g/mol. The van der Waals surface area contributed by atoms with Crippen LogP contribution < -0.4 is 0 Å². The molecule has 1 saturated carbocycles. The van der Waals surface area contributed by atoms with Gasteiger partial charge in [-0.05, 0) is 31.7 Å². The standard InChI is InChI=1S/C17H24N2O2/c1-5-19(11-16(20)18(3)4)17(21)15-10-14(15)13-8-6-7-12(2)9-13/h6-9,14-15H,5,10-11H2,1-4H3/t14-,15+/m1/s1. The molecule has 1 aromatic carbocycles. The number of likely N-dealkylation sites (N-methyl/N-ethyl adjacent to an activating group) is 2. The first-order valence-corrected chi connectivity index (χ1v) is 7.49. The highest BCUT2D eigenvalue weighted by molar-refractivity contribution is 5.88. The number of carbonyl (C=O) groups is 2. The quantitative estimate of drug-likeness (QED) is 0.832. The number of carbonyl (C=O) groups excluding carboxylic acids is 2. The van der Waals surface area contributed by atoms with Crippen LogP contribution in [0, 0.1) is 12.8 Å². The zero-order chi connectivity index (χ0) is 15.6. The van der Waals surface area contributed by atoms with Crippen LogP contribution in [0.2, 0.25) is 0 Å². The molecule has 0 bridgehead atoms. The van der Waals surface area contributed by atoms with E-state index in [-0.39, 0.29) is 24.3 Å². The van der Waals surface area contributed by atoms with Gasteiger partial charge in [0.25, 0.3) is 0 Å². The van der Waals surface area contributed by atoms with Crippen molar-refractivity contribution in [3.63, 3.8) is 0 Å². The average molecular weight is 288 g/mol. The van der Waals surface area contributed by atoms with Gasteiger partial charge >= 0.3 is 0 Å². The lowest BCUT2D eigenvalue weighted by atomic mass is 10.1. The molecule has 2 atom stereocenters. The van der Waals surface area contributed by atoms with Gasteiger partial charge in [0.15, 0.2) is 0 Å². The fraction of sp³-hybridized carbons (Fsp3) is 0.529. The molecule has 1 aliphatic carbocycles. The van der Waals surface area contributed by atoms with Crippen LogP contribution in [0.15, 0.2) is 24.3 Å². The molecule has 21 heavy (non-hydrogen) atoms. The van der Waals surface area contributed by atoms with Crippen molar-refractivity contribution >= 4 is 11.8 Å². The Bertz CT molecular complexity index is 539. The number of rotatable bonds is 5. The lowest BCUT2D eigenvalue weighted by molar-refractivity contribution is -0.139. The van der Waals surface area contributed by atoms with Crippen molar-refractivity contribution in [3.05, 3.63) is 35.4 Å². The molecule has 0 aromatic heterocycles. The summed E-state index contributed by atoms with van der Waals surface area (Å²) in [6.07, 6.45) is 0.898. The van der Waals surface area contributed by atoms with Crippen molar-refractivity contribution in [2.75, 3.05) is 27.2 Å². The zero-order valence-corrected chi connectivity index (χ0v) is 13.3. The van der Waals surface area contributed by atoms with Crippen LogP contribution in [-0.4, -0.2) is 48.8 Å². The molecule has 1 fully saturated rings. The van der Waals surface area contributed by atoms with Crippen LogP contribution in [0.4, 0.5) is 0 Å². The van der Waals surface area contributed by atoms with E-state index in [2.05, 4.69) is 25.1 Å². The number of benzene rings is 1. The maximum absolute atomic E-state index is 12.5. The smallest absolute Gasteiger partial charge is 0.241 e. The fourth-order valence-electron chi connectivity index (χ4n) is 2.62. The van der Waals surface area contributed by atoms with Gasteiger partial charge in [0.1, 0.15) is 0 Å². The highest BCUT2D eigenvalue weighted by atomic mass is 16.2. The molecule has 0 heterocycles. The van der Waals surface area contributed by atoms with Crippen molar-refractivity contribution < 1.29 is 9.59 Å². The lowest BCUT2D eigenvalue weighted by Crippen LogP contribution is -2.41. The van der Waals surface area contributed by atoms with Crippen LogP contribution in [-0.2, 0) is 9.59 Å². The van der Waals surface area contributed by atoms with Crippen molar-refractivity contribution in [3.8, 4) is 0 Å². The third kappa shape index (κ3) is 3.63. The third-order valence-corrected chi connectivity index (χ3v) is 4.10. The molecule has 0 radical (unpaired) electrons. The summed E-state index contributed by atoms with van der Waals surface area (Å²) in [4.78, 5) is 27.5. The second kappa shape index (κ2) is 6.29. The Labute approximate surface area is 126 Å². The summed E-state index contributed by atoms with van der Waals surface area (Å²) in [7, 11) is 3.43. The fourth-order valence-corrected chi connectivity index (χ4v) is 2.62. The van der Waals surface area contributed by atoms with Gasteiger partial charge in [0, 0.05) is 26.6 Å². The predicted molar refractivity (Wildman–Crippen MR) is 83.0 cm³/mol. The molecular formula is C17H24N2O2. The van der Waals surface area contributed by atoms with Gasteiger partial charge in [-0.15, -0.1) is 0 Å². The van der Waals surface area contributed by atoms with E-state index in [1.807, 2.05) is 13.0 Å². The van der Waals surface area contributed by atoms with Gasteiger partial charge in [-0.1, -0.05) is 29.8 Å². The number of amides is 2. The largest absolute Gasteiger partial charge is 0.347 e. The van der Waals surface area contributed by atoms with E-state index >= 15 is 0 Å². The first kappa shape index (κ1) is 15.5. The van der Waals surface area contributed by atoms with Crippen LogP contribution in [0.25, 0.3) is 0 Å². The topological polar surface area (TPSA) is 40.6 Å². The number of hydrogen-bond acceptors (Lipinski definition) is 2. The van der Waals surface area contributed by atoms with E-state index < -0.39 is 0 Å². The Morgan fingerprint density at radius 3 is 2.57 bits per heavy atom. The summed E-state index contributed by atoms with van der Waals surface area (Å²) in [6, 6.07) is 8.35. The average Bonchev–Trinajstić information content (AvgIpc) is 3.24. The highest BCUT2D eigenvalue weighted by Gasteiger charge is 2.45. The molecule has 0 saturated heterocycles. The summed E-state index contributed by atoms with van der Waals surface area (Å²) in [6.45, 7) is 4.75. The summed E-state index contributed by atoms with van der Waals surface area (Å²) >= 11 is 0. The minimum Gasteiger partial charge on any atom is -0.347 e. The molecule has 2 amide bonds. The van der Waals surface area contributed by atoms with E-state index in [9.17, 15) is 9.59 Å². The Hall–Kier alpha value is -1.84. The summed E-state index contributed by atoms with van der Waals surface area (Å²) < 4.78 is 0. The van der Waals surface area contributed by atoms with Gasteiger partial charge in [-0.2, -0.15) is 0 Å². The summed E-state index contributed by atoms with van der Waals surface area (Å²) in [5, 5.41) is 0. The van der Waals surface area contributed by atoms with Crippen LogP contribution >= 0.6 is 0 Å². The van der Waals surface area contributed by atoms with E-state index in [0.717, 1.165) is 6.42 Å². The predicted octanol–water partition coefficient (Wildman–Crippen LogP) is 2.04. The molecular weight excluding hydrogens is 264 g/mol. The Morgan fingerprint density at radius 1 is 1.29 bits per heavy atom. The molecule has 1 aromatic rings. The molecule has 0 N–H and O–H groups in total. The number of hydrogen-bond donors (Lipinski definition) is 0. The van der Waals surface area contributed by atoms with Gasteiger partial charge in [-0.25, -0.2) is 0 Å². The van der Waals surface area contributed by atoms with Crippen molar-refractivity contribution in [1.29, 1.82) is 0 Å². The molecule has 4 heteroatoms. The van der Waals surface area contributed by atoms with Crippen molar-refractivity contribution in [1.82, 2.24) is 9.80 Å². The third-order valence-electron chi connectivity index (χ3n) is 4.10. The zero-order valence-electron chi connectivity index (χ0n) is 13.3. The Balaban J connectivity index is 1.99. The van der Waals surface area contributed by atoms with Gasteiger partial charge in [-0.3, -0.25) is 9.59 Å². The molecule has 0 unspecified atom stereocenters. The maximum atomic E-state index is 12.5. The molecule has 0 aliphatic heterocycles. The van der Waals surface area contributed by atoms with Crippen LogP contribution in [0.5, 0.6) is 0 Å². The lowest BCUT2D eigenvalue weighted by Gasteiger charge is -2.22. The summed E-state index contributed by atoms with van der Waals surface area (Å²) in [5.74, 6) is 0.444. The molecule has 114 valence electrons.